The van der Waals surface area contributed by atoms with Crippen molar-refractivity contribution < 1.29 is 18.5 Å². The number of carbonyl (C=O) groups is 1. The summed E-state index contributed by atoms with van der Waals surface area (Å²) in [5.74, 6) is 0. The van der Waals surface area contributed by atoms with Gasteiger partial charge < -0.3 is 19.3 Å². The molecule has 1 aromatic carbocycles. The number of benzene rings is 1. The number of hydrogen-bond acceptors (Lipinski definition) is 5. The Morgan fingerprint density at radius 2 is 1.74 bits per heavy atom. The number of ether oxygens (including phenoxy) is 2. The monoisotopic (exact) mass is 491 g/mol. The number of likely N-dealkylation sites (tertiary alicyclic amines) is 1. The van der Waals surface area contributed by atoms with E-state index in [4.69, 9.17) is 9.47 Å². The maximum absolute atomic E-state index is 13.3. The van der Waals surface area contributed by atoms with Crippen molar-refractivity contribution in [3.63, 3.8) is 0 Å². The predicted octanol–water partition coefficient (Wildman–Crippen LogP) is 4.19. The molecule has 2 saturated heterocycles. The molecule has 0 unspecified atom stereocenters. The molecule has 4 rings (SSSR count). The number of anilines is 1. The summed E-state index contributed by atoms with van der Waals surface area (Å²) in [6.45, 7) is 16.3. The SMILES string of the molecule is CC(C)(C)OC(=O)N1CCC2(CC1)Cc1ccc(N3CCOCC3)cc1[C@H]2N[S@](=O)C(C)(C)C. The normalized spacial score (nSPS) is 23.6. The molecule has 1 aliphatic carbocycles. The summed E-state index contributed by atoms with van der Waals surface area (Å²) in [7, 11) is -1.19. The van der Waals surface area contributed by atoms with Crippen molar-refractivity contribution in [3.05, 3.63) is 29.3 Å². The zero-order valence-corrected chi connectivity index (χ0v) is 22.4. The van der Waals surface area contributed by atoms with E-state index in [9.17, 15) is 9.00 Å². The van der Waals surface area contributed by atoms with E-state index in [0.717, 1.165) is 45.6 Å². The van der Waals surface area contributed by atoms with Crippen LogP contribution in [0.25, 0.3) is 0 Å². The second-order valence-electron chi connectivity index (χ2n) is 11.9. The number of rotatable bonds is 3. The van der Waals surface area contributed by atoms with Gasteiger partial charge >= 0.3 is 6.09 Å². The van der Waals surface area contributed by atoms with Gasteiger partial charge in [-0.15, -0.1) is 0 Å². The lowest BCUT2D eigenvalue weighted by Gasteiger charge is -2.44. The number of morpholine rings is 1. The van der Waals surface area contributed by atoms with Crippen LogP contribution in [-0.4, -0.2) is 64.9 Å². The fraction of sp³-hybridized carbons (Fsp3) is 0.731. The van der Waals surface area contributed by atoms with Crippen LogP contribution in [0.2, 0.25) is 0 Å². The Labute approximate surface area is 207 Å². The smallest absolute Gasteiger partial charge is 0.410 e. The highest BCUT2D eigenvalue weighted by molar-refractivity contribution is 7.84. The average Bonchev–Trinajstić information content (AvgIpc) is 3.05. The summed E-state index contributed by atoms with van der Waals surface area (Å²) in [4.78, 5) is 16.9. The fourth-order valence-electron chi connectivity index (χ4n) is 5.24. The number of amides is 1. The van der Waals surface area contributed by atoms with E-state index in [2.05, 4.69) is 27.8 Å². The Hall–Kier alpha value is -1.64. The van der Waals surface area contributed by atoms with Crippen LogP contribution in [0, 0.1) is 5.41 Å². The molecule has 8 heteroatoms. The molecule has 190 valence electrons. The van der Waals surface area contributed by atoms with E-state index in [1.54, 1.807) is 0 Å². The van der Waals surface area contributed by atoms with E-state index in [1.165, 1.54) is 16.8 Å². The summed E-state index contributed by atoms with van der Waals surface area (Å²) in [5.41, 5.74) is 3.22. The lowest BCUT2D eigenvalue weighted by Crippen LogP contribution is -2.49. The standard InChI is InChI=1S/C26H41N3O4S/c1-24(2,3)33-23(30)29-11-9-26(10-12-29)18-19-7-8-20(28-13-15-32-16-14-28)17-21(19)22(26)27-34(31)25(4,5)6/h7-8,17,22,27H,9-16,18H2,1-6H3/t22-,34-/m1/s1. The van der Waals surface area contributed by atoms with Crippen molar-refractivity contribution in [1.29, 1.82) is 0 Å². The lowest BCUT2D eigenvalue weighted by molar-refractivity contribution is 0.00724. The summed E-state index contributed by atoms with van der Waals surface area (Å²) in [5, 5.41) is 0. The molecule has 2 aliphatic heterocycles. The van der Waals surface area contributed by atoms with Gasteiger partial charge in [-0.25, -0.2) is 13.7 Å². The van der Waals surface area contributed by atoms with Crippen molar-refractivity contribution >= 4 is 22.8 Å². The van der Waals surface area contributed by atoms with Crippen molar-refractivity contribution in [2.24, 2.45) is 5.41 Å². The minimum Gasteiger partial charge on any atom is -0.444 e. The number of carbonyl (C=O) groups excluding carboxylic acids is 1. The average molecular weight is 492 g/mol. The van der Waals surface area contributed by atoms with Gasteiger partial charge in [0.05, 0.1) is 35.0 Å². The molecule has 1 N–H and O–H groups in total. The molecule has 1 amide bonds. The number of hydrogen-bond donors (Lipinski definition) is 1. The maximum atomic E-state index is 13.3. The molecule has 2 atom stereocenters. The summed E-state index contributed by atoms with van der Waals surface area (Å²) in [6, 6.07) is 6.76. The fourth-order valence-corrected chi connectivity index (χ4v) is 6.18. The Balaban J connectivity index is 1.59. The molecule has 0 bridgehead atoms. The first-order chi connectivity index (χ1) is 15.9. The first-order valence-corrected chi connectivity index (χ1v) is 13.6. The molecule has 7 nitrogen and oxygen atoms in total. The number of fused-ring (bicyclic) bond motifs is 1. The molecular formula is C26H41N3O4S. The minimum atomic E-state index is -1.19. The van der Waals surface area contributed by atoms with E-state index >= 15 is 0 Å². The van der Waals surface area contributed by atoms with Gasteiger partial charge in [0, 0.05) is 31.9 Å². The quantitative estimate of drug-likeness (QED) is 0.687. The van der Waals surface area contributed by atoms with Crippen molar-refractivity contribution in [3.8, 4) is 0 Å². The van der Waals surface area contributed by atoms with Crippen LogP contribution in [-0.2, 0) is 26.9 Å². The van der Waals surface area contributed by atoms with E-state index in [-0.39, 0.29) is 22.3 Å². The second kappa shape index (κ2) is 9.43. The van der Waals surface area contributed by atoms with Gasteiger partial charge in [0.25, 0.3) is 0 Å². The Kier molecular flexibility index (Phi) is 7.06. The minimum absolute atomic E-state index is 0.00987. The van der Waals surface area contributed by atoms with Crippen molar-refractivity contribution in [2.45, 2.75) is 77.2 Å². The van der Waals surface area contributed by atoms with Gasteiger partial charge in [0.2, 0.25) is 0 Å². The zero-order valence-electron chi connectivity index (χ0n) is 21.6. The molecular weight excluding hydrogens is 450 g/mol. The molecule has 3 aliphatic rings. The van der Waals surface area contributed by atoms with E-state index < -0.39 is 16.6 Å². The van der Waals surface area contributed by atoms with E-state index in [1.807, 2.05) is 46.4 Å². The molecule has 34 heavy (non-hydrogen) atoms. The molecule has 1 spiro atoms. The third-order valence-electron chi connectivity index (χ3n) is 7.16. The van der Waals surface area contributed by atoms with Crippen molar-refractivity contribution in [2.75, 3.05) is 44.3 Å². The van der Waals surface area contributed by atoms with Gasteiger partial charge in [0.1, 0.15) is 5.60 Å². The van der Waals surface area contributed by atoms with E-state index in [0.29, 0.717) is 13.1 Å². The first kappa shape index (κ1) is 25.5. The summed E-state index contributed by atoms with van der Waals surface area (Å²) in [6.07, 6.45) is 2.40. The molecule has 0 aromatic heterocycles. The Morgan fingerprint density at radius 3 is 2.32 bits per heavy atom. The van der Waals surface area contributed by atoms with Crippen molar-refractivity contribution in [1.82, 2.24) is 9.62 Å². The number of nitrogens with zero attached hydrogens (tertiary/aromatic N) is 2. The first-order valence-electron chi connectivity index (χ1n) is 12.5. The third kappa shape index (κ3) is 5.44. The molecule has 0 radical (unpaired) electrons. The summed E-state index contributed by atoms with van der Waals surface area (Å²) < 4.78 is 27.6. The van der Waals surface area contributed by atoms with Gasteiger partial charge in [-0.05, 0) is 89.5 Å². The van der Waals surface area contributed by atoms with Gasteiger partial charge in [-0.2, -0.15) is 0 Å². The lowest BCUT2D eigenvalue weighted by atomic mass is 9.73. The number of piperidine rings is 1. The molecule has 2 fully saturated rings. The van der Waals surface area contributed by atoms with Gasteiger partial charge in [-0.1, -0.05) is 6.07 Å². The molecule has 2 heterocycles. The highest BCUT2D eigenvalue weighted by Crippen LogP contribution is 2.53. The zero-order chi connectivity index (χ0) is 24.7. The Morgan fingerprint density at radius 1 is 1.09 bits per heavy atom. The van der Waals surface area contributed by atoms with Gasteiger partial charge in [0.15, 0.2) is 0 Å². The highest BCUT2D eigenvalue weighted by Gasteiger charge is 2.49. The summed E-state index contributed by atoms with van der Waals surface area (Å²) >= 11 is 0. The van der Waals surface area contributed by atoms with Crippen LogP contribution in [0.5, 0.6) is 0 Å². The molecule has 0 saturated carbocycles. The maximum Gasteiger partial charge on any atom is 0.410 e. The van der Waals surface area contributed by atoms with Crippen LogP contribution in [0.3, 0.4) is 0 Å². The number of nitrogens with one attached hydrogen (secondary N) is 1. The second-order valence-corrected chi connectivity index (χ2v) is 13.9. The van der Waals surface area contributed by atoms with Crippen LogP contribution < -0.4 is 9.62 Å². The highest BCUT2D eigenvalue weighted by atomic mass is 32.2. The third-order valence-corrected chi connectivity index (χ3v) is 8.73. The topological polar surface area (TPSA) is 71.1 Å². The predicted molar refractivity (Wildman–Crippen MR) is 136 cm³/mol. The van der Waals surface area contributed by atoms with Gasteiger partial charge in [-0.3, -0.25) is 0 Å². The Bertz CT molecular complexity index is 923. The van der Waals surface area contributed by atoms with Crippen LogP contribution in [0.1, 0.15) is 71.6 Å². The molecule has 1 aromatic rings. The van der Waals surface area contributed by atoms with Crippen LogP contribution in [0.15, 0.2) is 18.2 Å². The largest absolute Gasteiger partial charge is 0.444 e. The van der Waals surface area contributed by atoms with Crippen LogP contribution >= 0.6 is 0 Å². The van der Waals surface area contributed by atoms with Crippen LogP contribution in [0.4, 0.5) is 10.5 Å².